The van der Waals surface area contributed by atoms with E-state index in [1.807, 2.05) is 6.92 Å². The van der Waals surface area contributed by atoms with Crippen molar-refractivity contribution in [1.29, 1.82) is 0 Å². The van der Waals surface area contributed by atoms with Gasteiger partial charge in [-0.1, -0.05) is 6.92 Å². The molecule has 0 aromatic heterocycles. The summed E-state index contributed by atoms with van der Waals surface area (Å²) in [7, 11) is 1.80. The zero-order chi connectivity index (χ0) is 14.3. The smallest absolute Gasteiger partial charge is 0.338 e. The molecule has 1 aromatic rings. The van der Waals surface area contributed by atoms with Crippen molar-refractivity contribution in [3.8, 4) is 0 Å². The molecule has 19 heavy (non-hydrogen) atoms. The van der Waals surface area contributed by atoms with Crippen LogP contribution in [0.5, 0.6) is 0 Å². The van der Waals surface area contributed by atoms with Crippen molar-refractivity contribution in [3.63, 3.8) is 0 Å². The van der Waals surface area contributed by atoms with E-state index in [4.69, 9.17) is 4.74 Å². The topological polar surface area (TPSA) is 67.4 Å². The lowest BCUT2D eigenvalue weighted by atomic mass is 10.1. The van der Waals surface area contributed by atoms with Gasteiger partial charge in [0.2, 0.25) is 5.91 Å². The standard InChI is InChI=1S/C14H20N2O3/c1-4-19-14(18)11-5-7-12(8-6-11)16-13(17)10(2)9-15-3/h5-8,10,15H,4,9H2,1-3H3,(H,16,17). The van der Waals surface area contributed by atoms with Gasteiger partial charge in [-0.05, 0) is 38.2 Å². The molecule has 0 bridgehead atoms. The van der Waals surface area contributed by atoms with Gasteiger partial charge in [0, 0.05) is 18.2 Å². The molecule has 0 radical (unpaired) electrons. The second kappa shape index (κ2) is 7.53. The van der Waals surface area contributed by atoms with Crippen LogP contribution in [0.2, 0.25) is 0 Å². The Balaban J connectivity index is 2.62. The number of hydrogen-bond donors (Lipinski definition) is 2. The quantitative estimate of drug-likeness (QED) is 0.767. The number of benzene rings is 1. The maximum absolute atomic E-state index is 11.8. The first kappa shape index (κ1) is 15.2. The predicted molar refractivity (Wildman–Crippen MR) is 74.1 cm³/mol. The van der Waals surface area contributed by atoms with Gasteiger partial charge in [-0.25, -0.2) is 4.79 Å². The molecule has 0 saturated carbocycles. The van der Waals surface area contributed by atoms with E-state index in [2.05, 4.69) is 10.6 Å². The van der Waals surface area contributed by atoms with Crippen LogP contribution in [-0.4, -0.2) is 32.1 Å². The molecule has 0 aliphatic carbocycles. The SMILES string of the molecule is CCOC(=O)c1ccc(NC(=O)C(C)CNC)cc1. The van der Waals surface area contributed by atoms with Crippen LogP contribution in [0.4, 0.5) is 5.69 Å². The number of anilines is 1. The summed E-state index contributed by atoms with van der Waals surface area (Å²) in [6.07, 6.45) is 0. The predicted octanol–water partition coefficient (Wildman–Crippen LogP) is 1.66. The number of rotatable bonds is 6. The minimum absolute atomic E-state index is 0.0572. The zero-order valence-electron chi connectivity index (χ0n) is 11.5. The lowest BCUT2D eigenvalue weighted by Gasteiger charge is -2.11. The van der Waals surface area contributed by atoms with Crippen molar-refractivity contribution in [1.82, 2.24) is 5.32 Å². The Hall–Kier alpha value is -1.88. The average molecular weight is 264 g/mol. The third kappa shape index (κ3) is 4.71. The van der Waals surface area contributed by atoms with E-state index < -0.39 is 0 Å². The second-order valence-corrected chi connectivity index (χ2v) is 4.25. The van der Waals surface area contributed by atoms with Crippen molar-refractivity contribution >= 4 is 17.6 Å². The third-order valence-electron chi connectivity index (χ3n) is 2.62. The molecule has 1 aromatic carbocycles. The van der Waals surface area contributed by atoms with Crippen LogP contribution in [0.1, 0.15) is 24.2 Å². The number of hydrogen-bond acceptors (Lipinski definition) is 4. The molecule has 0 saturated heterocycles. The summed E-state index contributed by atoms with van der Waals surface area (Å²) in [5.41, 5.74) is 1.14. The monoisotopic (exact) mass is 264 g/mol. The van der Waals surface area contributed by atoms with E-state index in [0.717, 1.165) is 0 Å². The average Bonchev–Trinajstić information content (AvgIpc) is 2.40. The Kier molecular flexibility index (Phi) is 6.02. The van der Waals surface area contributed by atoms with Crippen molar-refractivity contribution in [3.05, 3.63) is 29.8 Å². The molecular weight excluding hydrogens is 244 g/mol. The number of carbonyl (C=O) groups excluding carboxylic acids is 2. The minimum Gasteiger partial charge on any atom is -0.462 e. The fourth-order valence-corrected chi connectivity index (χ4v) is 1.57. The highest BCUT2D eigenvalue weighted by Gasteiger charge is 2.12. The highest BCUT2D eigenvalue weighted by atomic mass is 16.5. The van der Waals surface area contributed by atoms with E-state index in [9.17, 15) is 9.59 Å². The summed E-state index contributed by atoms with van der Waals surface area (Å²) >= 11 is 0. The number of esters is 1. The molecule has 1 atom stereocenters. The summed E-state index contributed by atoms with van der Waals surface area (Å²) in [6, 6.07) is 6.65. The van der Waals surface area contributed by atoms with E-state index in [-0.39, 0.29) is 17.8 Å². The van der Waals surface area contributed by atoms with E-state index in [0.29, 0.717) is 24.4 Å². The highest BCUT2D eigenvalue weighted by Crippen LogP contribution is 2.11. The van der Waals surface area contributed by atoms with Crippen LogP contribution in [0.25, 0.3) is 0 Å². The first-order valence-corrected chi connectivity index (χ1v) is 6.31. The maximum atomic E-state index is 11.8. The van der Waals surface area contributed by atoms with Gasteiger partial charge in [-0.2, -0.15) is 0 Å². The number of ether oxygens (including phenoxy) is 1. The van der Waals surface area contributed by atoms with Gasteiger partial charge in [-0.3, -0.25) is 4.79 Å². The van der Waals surface area contributed by atoms with E-state index in [1.54, 1.807) is 38.2 Å². The fourth-order valence-electron chi connectivity index (χ4n) is 1.57. The van der Waals surface area contributed by atoms with Crippen molar-refractivity contribution in [2.24, 2.45) is 5.92 Å². The van der Waals surface area contributed by atoms with Crippen LogP contribution in [0, 0.1) is 5.92 Å². The first-order valence-electron chi connectivity index (χ1n) is 6.31. The molecule has 5 nitrogen and oxygen atoms in total. The van der Waals surface area contributed by atoms with Crippen molar-refractivity contribution in [2.75, 3.05) is 25.5 Å². The Morgan fingerprint density at radius 2 is 1.89 bits per heavy atom. The maximum Gasteiger partial charge on any atom is 0.338 e. The summed E-state index contributed by atoms with van der Waals surface area (Å²) in [4.78, 5) is 23.2. The van der Waals surface area contributed by atoms with Crippen LogP contribution >= 0.6 is 0 Å². The van der Waals surface area contributed by atoms with Gasteiger partial charge in [0.05, 0.1) is 12.2 Å². The zero-order valence-corrected chi connectivity index (χ0v) is 11.5. The summed E-state index contributed by atoms with van der Waals surface area (Å²) in [5, 5.41) is 5.74. The molecule has 0 spiro atoms. The molecular formula is C14H20N2O3. The van der Waals surface area contributed by atoms with Crippen LogP contribution in [-0.2, 0) is 9.53 Å². The molecule has 1 rings (SSSR count). The number of carbonyl (C=O) groups is 2. The molecule has 5 heteroatoms. The molecule has 0 fully saturated rings. The van der Waals surface area contributed by atoms with Gasteiger partial charge >= 0.3 is 5.97 Å². The van der Waals surface area contributed by atoms with Crippen LogP contribution in [0.3, 0.4) is 0 Å². The minimum atomic E-state index is -0.357. The summed E-state index contributed by atoms with van der Waals surface area (Å²) in [5.74, 6) is -0.531. The summed E-state index contributed by atoms with van der Waals surface area (Å²) in [6.45, 7) is 4.57. The Morgan fingerprint density at radius 1 is 1.26 bits per heavy atom. The Labute approximate surface area is 113 Å². The molecule has 2 N–H and O–H groups in total. The lowest BCUT2D eigenvalue weighted by Crippen LogP contribution is -2.28. The Bertz CT molecular complexity index is 429. The number of amides is 1. The molecule has 0 aliphatic heterocycles. The van der Waals surface area contributed by atoms with Gasteiger partial charge in [0.15, 0.2) is 0 Å². The fraction of sp³-hybridized carbons (Fsp3) is 0.429. The first-order chi connectivity index (χ1) is 9.08. The molecule has 0 aliphatic rings. The second-order valence-electron chi connectivity index (χ2n) is 4.25. The lowest BCUT2D eigenvalue weighted by molar-refractivity contribution is -0.119. The van der Waals surface area contributed by atoms with Crippen LogP contribution < -0.4 is 10.6 Å². The molecule has 0 heterocycles. The van der Waals surface area contributed by atoms with E-state index in [1.165, 1.54) is 0 Å². The van der Waals surface area contributed by atoms with Crippen LogP contribution in [0.15, 0.2) is 24.3 Å². The molecule has 104 valence electrons. The van der Waals surface area contributed by atoms with Gasteiger partial charge < -0.3 is 15.4 Å². The Morgan fingerprint density at radius 3 is 2.42 bits per heavy atom. The van der Waals surface area contributed by atoms with Gasteiger partial charge in [0.1, 0.15) is 0 Å². The number of nitrogens with one attached hydrogen (secondary N) is 2. The van der Waals surface area contributed by atoms with Gasteiger partial charge in [0.25, 0.3) is 0 Å². The highest BCUT2D eigenvalue weighted by molar-refractivity contribution is 5.94. The molecule has 1 amide bonds. The molecule has 1 unspecified atom stereocenters. The van der Waals surface area contributed by atoms with Crippen molar-refractivity contribution < 1.29 is 14.3 Å². The van der Waals surface area contributed by atoms with Crippen molar-refractivity contribution in [2.45, 2.75) is 13.8 Å². The normalized spacial score (nSPS) is 11.7. The van der Waals surface area contributed by atoms with Gasteiger partial charge in [-0.15, -0.1) is 0 Å². The largest absolute Gasteiger partial charge is 0.462 e. The van der Waals surface area contributed by atoms with E-state index >= 15 is 0 Å². The summed E-state index contributed by atoms with van der Waals surface area (Å²) < 4.78 is 4.88. The third-order valence-corrected chi connectivity index (χ3v) is 2.62.